The summed E-state index contributed by atoms with van der Waals surface area (Å²) in [6, 6.07) is 13.6. The minimum Gasteiger partial charge on any atom is -0.478 e. The van der Waals surface area contributed by atoms with Gasteiger partial charge in [-0.15, -0.1) is 0 Å². The predicted molar refractivity (Wildman–Crippen MR) is 105 cm³/mol. The van der Waals surface area contributed by atoms with Gasteiger partial charge in [-0.3, -0.25) is 9.20 Å². The molecule has 0 atom stereocenters. The zero-order valence-electron chi connectivity index (χ0n) is 15.0. The number of carboxylic acid groups (broad SMARTS) is 1. The number of imidazole rings is 1. The summed E-state index contributed by atoms with van der Waals surface area (Å²) < 4.78 is 1.82. The first kappa shape index (κ1) is 17.4. The number of fused-ring (bicyclic) bond motifs is 1. The molecule has 0 aliphatic carbocycles. The number of anilines is 1. The number of nitrogens with zero attached hydrogens (tertiary/aromatic N) is 3. The highest BCUT2D eigenvalue weighted by Gasteiger charge is 2.17. The molecule has 0 saturated heterocycles. The van der Waals surface area contributed by atoms with Crippen LogP contribution in [0.1, 0.15) is 26.3 Å². The summed E-state index contributed by atoms with van der Waals surface area (Å²) in [4.78, 5) is 32.7. The topological polar surface area (TPSA) is 96.6 Å². The number of benzene rings is 2. The van der Waals surface area contributed by atoms with Crippen LogP contribution in [-0.4, -0.2) is 31.4 Å². The van der Waals surface area contributed by atoms with Crippen LogP contribution >= 0.6 is 0 Å². The van der Waals surface area contributed by atoms with Crippen LogP contribution in [0.15, 0.2) is 67.1 Å². The highest BCUT2D eigenvalue weighted by molar-refractivity contribution is 6.11. The van der Waals surface area contributed by atoms with E-state index in [1.54, 1.807) is 18.3 Å². The molecule has 28 heavy (non-hydrogen) atoms. The van der Waals surface area contributed by atoms with Crippen LogP contribution in [0.3, 0.4) is 0 Å². The summed E-state index contributed by atoms with van der Waals surface area (Å²) in [5.74, 6) is -1.04. The third kappa shape index (κ3) is 3.21. The smallest absolute Gasteiger partial charge is 0.336 e. The second-order valence-electron chi connectivity index (χ2n) is 6.29. The van der Waals surface area contributed by atoms with Gasteiger partial charge in [-0.05, 0) is 36.8 Å². The molecule has 2 aromatic heterocycles. The Morgan fingerprint density at radius 3 is 2.61 bits per heavy atom. The van der Waals surface area contributed by atoms with Crippen molar-refractivity contribution in [1.82, 2.24) is 14.4 Å². The molecule has 2 N–H and O–H groups in total. The molecule has 0 radical (unpaired) electrons. The summed E-state index contributed by atoms with van der Waals surface area (Å²) in [6.07, 6.45) is 5.39. The Bertz CT molecular complexity index is 1180. The first-order chi connectivity index (χ1) is 13.5. The van der Waals surface area contributed by atoms with Gasteiger partial charge in [0.15, 0.2) is 0 Å². The molecule has 0 saturated carbocycles. The molecule has 2 aromatic carbocycles. The Morgan fingerprint density at radius 1 is 1.07 bits per heavy atom. The van der Waals surface area contributed by atoms with Crippen LogP contribution < -0.4 is 5.32 Å². The lowest BCUT2D eigenvalue weighted by molar-refractivity contribution is 0.0692. The largest absolute Gasteiger partial charge is 0.478 e. The van der Waals surface area contributed by atoms with E-state index in [2.05, 4.69) is 15.3 Å². The Hall–Kier alpha value is -4.00. The van der Waals surface area contributed by atoms with E-state index in [9.17, 15) is 14.7 Å². The Kier molecular flexibility index (Phi) is 4.33. The molecule has 0 aliphatic rings. The average molecular weight is 372 g/mol. The first-order valence-electron chi connectivity index (χ1n) is 8.57. The molecule has 0 bridgehead atoms. The van der Waals surface area contributed by atoms with Gasteiger partial charge in [0.05, 0.1) is 16.8 Å². The summed E-state index contributed by atoms with van der Waals surface area (Å²) in [5, 5.41) is 12.1. The van der Waals surface area contributed by atoms with Crippen LogP contribution in [0.2, 0.25) is 0 Å². The van der Waals surface area contributed by atoms with E-state index in [1.807, 2.05) is 48.0 Å². The van der Waals surface area contributed by atoms with Gasteiger partial charge in [0, 0.05) is 29.8 Å². The minimum atomic E-state index is -1.14. The van der Waals surface area contributed by atoms with E-state index in [0.29, 0.717) is 11.5 Å². The highest BCUT2D eigenvalue weighted by atomic mass is 16.4. The number of rotatable bonds is 4. The van der Waals surface area contributed by atoms with Crippen molar-refractivity contribution in [3.05, 3.63) is 83.8 Å². The van der Waals surface area contributed by atoms with Crippen molar-refractivity contribution in [3.8, 4) is 11.3 Å². The fraction of sp³-hybridized carbons (Fsp3) is 0.0476. The molecule has 0 unspecified atom stereocenters. The summed E-state index contributed by atoms with van der Waals surface area (Å²) in [6.45, 7) is 1.87. The lowest BCUT2D eigenvalue weighted by atomic mass is 10.1. The zero-order valence-corrected chi connectivity index (χ0v) is 15.0. The number of hydrogen-bond acceptors (Lipinski definition) is 4. The number of carbonyl (C=O) groups is 2. The molecular formula is C21H16N4O3. The predicted octanol–water partition coefficient (Wildman–Crippen LogP) is 3.66. The molecule has 0 aliphatic heterocycles. The Morgan fingerprint density at radius 2 is 1.86 bits per heavy atom. The highest BCUT2D eigenvalue weighted by Crippen LogP contribution is 2.25. The van der Waals surface area contributed by atoms with Crippen LogP contribution in [-0.2, 0) is 0 Å². The molecule has 0 spiro atoms. The van der Waals surface area contributed by atoms with Gasteiger partial charge in [-0.2, -0.15) is 0 Å². The SMILES string of the molecule is Cc1ccc(-c2cn3cccnc3n2)cc1NC(=O)c1ccccc1C(=O)O. The van der Waals surface area contributed by atoms with Crippen LogP contribution in [0.25, 0.3) is 17.0 Å². The monoisotopic (exact) mass is 372 g/mol. The van der Waals surface area contributed by atoms with Crippen LogP contribution in [0.4, 0.5) is 5.69 Å². The van der Waals surface area contributed by atoms with E-state index in [0.717, 1.165) is 16.8 Å². The maximum Gasteiger partial charge on any atom is 0.336 e. The number of aromatic nitrogens is 3. The van der Waals surface area contributed by atoms with Gasteiger partial charge >= 0.3 is 5.97 Å². The summed E-state index contributed by atoms with van der Waals surface area (Å²) >= 11 is 0. The van der Waals surface area contributed by atoms with Crippen molar-refractivity contribution in [2.75, 3.05) is 5.32 Å². The second kappa shape index (κ2) is 6.96. The minimum absolute atomic E-state index is 0.0415. The quantitative estimate of drug-likeness (QED) is 0.570. The standard InChI is InChI=1S/C21H16N4O3/c1-13-7-8-14(18-12-25-10-4-9-22-21(25)24-18)11-17(13)23-19(26)15-5-2-3-6-16(15)20(27)28/h2-12H,1H3,(H,23,26)(H,27,28). The van der Waals surface area contributed by atoms with Crippen molar-refractivity contribution in [2.24, 2.45) is 0 Å². The molecule has 7 heteroatoms. The van der Waals surface area contributed by atoms with Crippen LogP contribution in [0.5, 0.6) is 0 Å². The number of hydrogen-bond donors (Lipinski definition) is 2. The van der Waals surface area contributed by atoms with Crippen molar-refractivity contribution in [1.29, 1.82) is 0 Å². The van der Waals surface area contributed by atoms with Gasteiger partial charge in [-0.25, -0.2) is 14.8 Å². The molecular weight excluding hydrogens is 356 g/mol. The lowest BCUT2D eigenvalue weighted by Gasteiger charge is -2.11. The van der Waals surface area contributed by atoms with Gasteiger partial charge < -0.3 is 10.4 Å². The third-order valence-corrected chi connectivity index (χ3v) is 4.42. The molecule has 1 amide bonds. The van der Waals surface area contributed by atoms with Gasteiger partial charge in [-0.1, -0.05) is 24.3 Å². The number of carbonyl (C=O) groups excluding carboxylic acids is 1. The van der Waals surface area contributed by atoms with E-state index >= 15 is 0 Å². The fourth-order valence-electron chi connectivity index (χ4n) is 2.94. The van der Waals surface area contributed by atoms with Crippen molar-refractivity contribution in [2.45, 2.75) is 6.92 Å². The zero-order chi connectivity index (χ0) is 19.7. The van der Waals surface area contributed by atoms with E-state index in [-0.39, 0.29) is 11.1 Å². The molecule has 4 rings (SSSR count). The van der Waals surface area contributed by atoms with E-state index in [4.69, 9.17) is 0 Å². The van der Waals surface area contributed by atoms with E-state index < -0.39 is 11.9 Å². The van der Waals surface area contributed by atoms with E-state index in [1.165, 1.54) is 12.1 Å². The second-order valence-corrected chi connectivity index (χ2v) is 6.29. The lowest BCUT2D eigenvalue weighted by Crippen LogP contribution is -2.17. The Labute approximate surface area is 160 Å². The molecule has 7 nitrogen and oxygen atoms in total. The number of carboxylic acids is 1. The summed E-state index contributed by atoms with van der Waals surface area (Å²) in [5.41, 5.74) is 3.05. The first-order valence-corrected chi connectivity index (χ1v) is 8.57. The molecule has 4 aromatic rings. The van der Waals surface area contributed by atoms with Crippen molar-refractivity contribution >= 4 is 23.3 Å². The van der Waals surface area contributed by atoms with Gasteiger partial charge in [0.25, 0.3) is 5.91 Å². The third-order valence-electron chi connectivity index (χ3n) is 4.42. The normalized spacial score (nSPS) is 10.8. The maximum absolute atomic E-state index is 12.7. The summed E-state index contributed by atoms with van der Waals surface area (Å²) in [7, 11) is 0. The molecule has 138 valence electrons. The maximum atomic E-state index is 12.7. The van der Waals surface area contributed by atoms with Crippen molar-refractivity contribution in [3.63, 3.8) is 0 Å². The van der Waals surface area contributed by atoms with Gasteiger partial charge in [0.2, 0.25) is 5.78 Å². The fourth-order valence-corrected chi connectivity index (χ4v) is 2.94. The van der Waals surface area contributed by atoms with Crippen molar-refractivity contribution < 1.29 is 14.7 Å². The van der Waals surface area contributed by atoms with Crippen LogP contribution in [0, 0.1) is 6.92 Å². The average Bonchev–Trinajstić information content (AvgIpc) is 3.13. The van der Waals surface area contributed by atoms with Gasteiger partial charge in [0.1, 0.15) is 0 Å². The Balaban J connectivity index is 1.68. The number of amides is 1. The number of nitrogens with one attached hydrogen (secondary N) is 1. The molecule has 0 fully saturated rings. The number of aryl methyl sites for hydroxylation is 1. The number of aromatic carboxylic acids is 1. The molecule has 2 heterocycles.